The highest BCUT2D eigenvalue weighted by molar-refractivity contribution is 5.98. The Morgan fingerprint density at radius 1 is 1.59 bits per heavy atom. The Labute approximate surface area is 95.6 Å². The molecule has 1 aliphatic carbocycles. The summed E-state index contributed by atoms with van der Waals surface area (Å²) in [6, 6.07) is 0. The van der Waals surface area contributed by atoms with E-state index in [0.717, 1.165) is 7.11 Å². The molecule has 0 aromatic carbocycles. The first kappa shape index (κ1) is 11.6. The van der Waals surface area contributed by atoms with Crippen LogP contribution in [-0.2, 0) is 23.9 Å². The predicted molar refractivity (Wildman–Crippen MR) is 50.7 cm³/mol. The molecule has 0 aromatic heterocycles. The molecule has 0 saturated carbocycles. The molecule has 1 saturated heterocycles. The number of aliphatic hydroxyl groups is 1. The van der Waals surface area contributed by atoms with Crippen molar-refractivity contribution >= 4 is 17.9 Å². The molecule has 3 atom stereocenters. The van der Waals surface area contributed by atoms with E-state index in [4.69, 9.17) is 9.84 Å². The van der Waals surface area contributed by atoms with E-state index in [2.05, 4.69) is 4.74 Å². The molecule has 2 rings (SSSR count). The van der Waals surface area contributed by atoms with Crippen LogP contribution in [0.25, 0.3) is 0 Å². The number of esters is 2. The van der Waals surface area contributed by atoms with Gasteiger partial charge in [-0.2, -0.15) is 0 Å². The fourth-order valence-corrected chi connectivity index (χ4v) is 2.15. The number of fused-ring (bicyclic) bond motifs is 2. The van der Waals surface area contributed by atoms with Crippen molar-refractivity contribution in [3.05, 3.63) is 11.6 Å². The van der Waals surface area contributed by atoms with E-state index >= 15 is 0 Å². The van der Waals surface area contributed by atoms with Crippen LogP contribution in [0.1, 0.15) is 6.42 Å². The Bertz CT molecular complexity index is 438. The third-order valence-corrected chi connectivity index (χ3v) is 3.03. The first-order valence-corrected chi connectivity index (χ1v) is 4.86. The van der Waals surface area contributed by atoms with Gasteiger partial charge in [-0.15, -0.1) is 0 Å². The molecule has 0 amide bonds. The van der Waals surface area contributed by atoms with Gasteiger partial charge in [0.05, 0.1) is 12.7 Å². The van der Waals surface area contributed by atoms with E-state index in [-0.39, 0.29) is 12.0 Å². The topological polar surface area (TPSA) is 110 Å². The maximum atomic E-state index is 11.4. The van der Waals surface area contributed by atoms with E-state index < -0.39 is 35.5 Å². The average Bonchev–Trinajstić information content (AvgIpc) is 2.44. The van der Waals surface area contributed by atoms with E-state index in [1.54, 1.807) is 0 Å². The van der Waals surface area contributed by atoms with Crippen molar-refractivity contribution in [2.24, 2.45) is 5.92 Å². The van der Waals surface area contributed by atoms with Crippen molar-refractivity contribution in [1.82, 2.24) is 0 Å². The van der Waals surface area contributed by atoms with Crippen LogP contribution < -0.4 is 0 Å². The van der Waals surface area contributed by atoms with E-state index in [9.17, 15) is 19.5 Å². The largest absolute Gasteiger partial charge is 0.481 e. The van der Waals surface area contributed by atoms with Gasteiger partial charge in [-0.1, -0.05) is 6.08 Å². The second kappa shape index (κ2) is 3.56. The summed E-state index contributed by atoms with van der Waals surface area (Å²) in [6.07, 6.45) is -0.281. The summed E-state index contributed by atoms with van der Waals surface area (Å²) in [7, 11) is 1.14. The summed E-state index contributed by atoms with van der Waals surface area (Å²) in [6.45, 7) is 0. The molecular weight excluding hydrogens is 232 g/mol. The number of hydrogen-bond acceptors (Lipinski definition) is 6. The Morgan fingerprint density at radius 3 is 2.76 bits per heavy atom. The third kappa shape index (κ3) is 1.42. The molecule has 2 bridgehead atoms. The molecule has 1 heterocycles. The third-order valence-electron chi connectivity index (χ3n) is 3.03. The number of rotatable bonds is 2. The molecule has 2 N–H and O–H groups in total. The van der Waals surface area contributed by atoms with Gasteiger partial charge in [0.2, 0.25) is 0 Å². The van der Waals surface area contributed by atoms with Gasteiger partial charge in [0.25, 0.3) is 0 Å². The van der Waals surface area contributed by atoms with Crippen molar-refractivity contribution in [2.75, 3.05) is 7.11 Å². The molecule has 0 spiro atoms. The zero-order chi connectivity index (χ0) is 12.8. The molecule has 3 unspecified atom stereocenters. The molecule has 1 aliphatic heterocycles. The molecular formula is C10H10O7. The quantitative estimate of drug-likeness (QED) is 0.588. The van der Waals surface area contributed by atoms with Crippen LogP contribution >= 0.6 is 0 Å². The first-order valence-electron chi connectivity index (χ1n) is 4.86. The van der Waals surface area contributed by atoms with E-state index in [1.165, 1.54) is 6.08 Å². The van der Waals surface area contributed by atoms with Gasteiger partial charge in [-0.25, -0.2) is 9.59 Å². The number of carboxylic acids is 1. The normalized spacial score (nSPS) is 34.9. The highest BCUT2D eigenvalue weighted by atomic mass is 16.6. The Kier molecular flexibility index (Phi) is 2.43. The molecule has 7 heteroatoms. The fourth-order valence-electron chi connectivity index (χ4n) is 2.15. The van der Waals surface area contributed by atoms with Crippen LogP contribution in [0.3, 0.4) is 0 Å². The first-order chi connectivity index (χ1) is 7.91. The average molecular weight is 242 g/mol. The lowest BCUT2D eigenvalue weighted by molar-refractivity contribution is -0.159. The van der Waals surface area contributed by atoms with Gasteiger partial charge in [-0.3, -0.25) is 4.79 Å². The maximum Gasteiger partial charge on any atom is 0.340 e. The van der Waals surface area contributed by atoms with Crippen molar-refractivity contribution in [1.29, 1.82) is 0 Å². The van der Waals surface area contributed by atoms with Gasteiger partial charge >= 0.3 is 17.9 Å². The summed E-state index contributed by atoms with van der Waals surface area (Å²) in [5.41, 5.74) is -2.14. The van der Waals surface area contributed by atoms with Gasteiger partial charge in [0, 0.05) is 6.42 Å². The van der Waals surface area contributed by atoms with Crippen LogP contribution in [0.2, 0.25) is 0 Å². The van der Waals surface area contributed by atoms with Crippen molar-refractivity contribution < 1.29 is 34.1 Å². The van der Waals surface area contributed by atoms with Gasteiger partial charge in [0.1, 0.15) is 5.92 Å². The number of carbonyl (C=O) groups is 3. The van der Waals surface area contributed by atoms with Crippen LogP contribution in [-0.4, -0.2) is 46.9 Å². The standard InChI is InChI=1S/C10H10O7/c1-16-8(13)4-2-3-10(15)5(7(11)12)6(4)17-9(10)14/h2,5-6,15H,3H2,1H3,(H,11,12). The summed E-state index contributed by atoms with van der Waals surface area (Å²) < 4.78 is 9.22. The number of methoxy groups -OCH3 is 1. The van der Waals surface area contributed by atoms with Crippen LogP contribution in [0.5, 0.6) is 0 Å². The number of hydrogen-bond donors (Lipinski definition) is 2. The second-order valence-corrected chi connectivity index (χ2v) is 3.92. The Balaban J connectivity index is 2.45. The lowest BCUT2D eigenvalue weighted by atomic mass is 9.76. The molecule has 0 aromatic rings. The fraction of sp³-hybridized carbons (Fsp3) is 0.500. The molecule has 17 heavy (non-hydrogen) atoms. The molecule has 7 nitrogen and oxygen atoms in total. The predicted octanol–water partition coefficient (Wildman–Crippen LogP) is -1.15. The Hall–Kier alpha value is -1.89. The zero-order valence-electron chi connectivity index (χ0n) is 8.87. The summed E-state index contributed by atoms with van der Waals surface area (Å²) in [5.74, 6) is -4.66. The number of aliphatic carboxylic acids is 1. The highest BCUT2D eigenvalue weighted by Gasteiger charge is 2.63. The summed E-state index contributed by atoms with van der Waals surface area (Å²) in [4.78, 5) is 33.9. The minimum atomic E-state index is -2.09. The number of carbonyl (C=O) groups excluding carboxylic acids is 2. The molecule has 2 aliphatic rings. The van der Waals surface area contributed by atoms with Gasteiger partial charge < -0.3 is 19.7 Å². The second-order valence-electron chi connectivity index (χ2n) is 3.92. The van der Waals surface area contributed by atoms with Crippen molar-refractivity contribution in [2.45, 2.75) is 18.1 Å². The van der Waals surface area contributed by atoms with Crippen molar-refractivity contribution in [3.63, 3.8) is 0 Å². The number of ether oxygens (including phenoxy) is 2. The Morgan fingerprint density at radius 2 is 2.24 bits per heavy atom. The summed E-state index contributed by atoms with van der Waals surface area (Å²) in [5, 5.41) is 18.9. The van der Waals surface area contributed by atoms with Crippen LogP contribution in [0.15, 0.2) is 11.6 Å². The highest BCUT2D eigenvalue weighted by Crippen LogP contribution is 2.43. The minimum absolute atomic E-state index is 0.0459. The monoisotopic (exact) mass is 242 g/mol. The maximum absolute atomic E-state index is 11.4. The van der Waals surface area contributed by atoms with Crippen LogP contribution in [0, 0.1) is 5.92 Å². The van der Waals surface area contributed by atoms with Crippen LogP contribution in [0.4, 0.5) is 0 Å². The van der Waals surface area contributed by atoms with Crippen molar-refractivity contribution in [3.8, 4) is 0 Å². The molecule has 1 fully saturated rings. The van der Waals surface area contributed by atoms with E-state index in [1.807, 2.05) is 0 Å². The SMILES string of the molecule is COC(=O)C1=CCC2(O)C(=O)OC1C2C(=O)O. The van der Waals surface area contributed by atoms with E-state index in [0.29, 0.717) is 0 Å². The molecule has 92 valence electrons. The summed E-state index contributed by atoms with van der Waals surface area (Å²) >= 11 is 0. The van der Waals surface area contributed by atoms with Gasteiger partial charge in [0.15, 0.2) is 11.7 Å². The minimum Gasteiger partial charge on any atom is -0.481 e. The van der Waals surface area contributed by atoms with Gasteiger partial charge in [-0.05, 0) is 0 Å². The molecule has 0 radical (unpaired) electrons. The smallest absolute Gasteiger partial charge is 0.340 e. The lowest BCUT2D eigenvalue weighted by Crippen LogP contribution is -2.48. The zero-order valence-corrected chi connectivity index (χ0v) is 8.87. The number of carboxylic acid groups (broad SMARTS) is 1. The lowest BCUT2D eigenvalue weighted by Gasteiger charge is -2.27.